The summed E-state index contributed by atoms with van der Waals surface area (Å²) in [7, 11) is -3.58. The van der Waals surface area contributed by atoms with Crippen LogP contribution in [0.1, 0.15) is 25.6 Å². The van der Waals surface area contributed by atoms with E-state index in [1.807, 2.05) is 20.8 Å². The van der Waals surface area contributed by atoms with E-state index >= 15 is 0 Å². The summed E-state index contributed by atoms with van der Waals surface area (Å²) in [5.74, 6) is 0. The second-order valence-electron chi connectivity index (χ2n) is 5.49. The highest BCUT2D eigenvalue weighted by molar-refractivity contribution is 9.11. The molecule has 0 spiro atoms. The molecular weight excluding hydrogens is 366 g/mol. The molecular formula is C12H18BrNO4S2. The second-order valence-corrected chi connectivity index (χ2v) is 9.86. The molecule has 0 bridgehead atoms. The van der Waals surface area contributed by atoms with Crippen molar-refractivity contribution in [3.63, 3.8) is 0 Å². The van der Waals surface area contributed by atoms with Crippen LogP contribution < -0.4 is 0 Å². The molecule has 0 aromatic carbocycles. The van der Waals surface area contributed by atoms with Gasteiger partial charge in [-0.3, -0.25) is 0 Å². The van der Waals surface area contributed by atoms with E-state index in [0.717, 1.165) is 0 Å². The Morgan fingerprint density at radius 2 is 2.25 bits per heavy atom. The van der Waals surface area contributed by atoms with Crippen LogP contribution >= 0.6 is 27.3 Å². The molecule has 1 aromatic rings. The van der Waals surface area contributed by atoms with Crippen LogP contribution in [-0.4, -0.2) is 42.6 Å². The van der Waals surface area contributed by atoms with Crippen molar-refractivity contribution in [1.82, 2.24) is 4.31 Å². The zero-order valence-corrected chi connectivity index (χ0v) is 14.8. The van der Waals surface area contributed by atoms with E-state index in [-0.39, 0.29) is 17.6 Å². The summed E-state index contributed by atoms with van der Waals surface area (Å²) < 4.78 is 33.2. The Morgan fingerprint density at radius 3 is 2.75 bits per heavy atom. The van der Waals surface area contributed by atoms with Crippen molar-refractivity contribution >= 4 is 37.3 Å². The first-order valence-electron chi connectivity index (χ1n) is 6.23. The Balaban J connectivity index is 2.36. The maximum absolute atomic E-state index is 12.7. The largest absolute Gasteiger partial charge is 0.391 e. The van der Waals surface area contributed by atoms with Gasteiger partial charge in [-0.2, -0.15) is 4.31 Å². The summed E-state index contributed by atoms with van der Waals surface area (Å²) in [6, 6.07) is 1.53. The van der Waals surface area contributed by atoms with Crippen LogP contribution in [0.2, 0.25) is 0 Å². The highest BCUT2D eigenvalue weighted by atomic mass is 79.9. The topological polar surface area (TPSA) is 66.8 Å². The average molecular weight is 384 g/mol. The molecule has 8 heteroatoms. The summed E-state index contributed by atoms with van der Waals surface area (Å²) in [5.41, 5.74) is -0.507. The van der Waals surface area contributed by atoms with Gasteiger partial charge in [0.1, 0.15) is 4.90 Å². The molecule has 1 fully saturated rings. The first kappa shape index (κ1) is 16.4. The Kier molecular flexibility index (Phi) is 4.63. The van der Waals surface area contributed by atoms with Crippen LogP contribution in [0.15, 0.2) is 14.7 Å². The molecule has 0 radical (unpaired) electrons. The fourth-order valence-corrected chi connectivity index (χ4v) is 6.53. The van der Waals surface area contributed by atoms with Gasteiger partial charge in [-0.05, 0) is 42.8 Å². The summed E-state index contributed by atoms with van der Waals surface area (Å²) in [5, 5.41) is 9.14. The zero-order valence-electron chi connectivity index (χ0n) is 11.6. The first-order chi connectivity index (χ1) is 9.15. The van der Waals surface area contributed by atoms with Crippen molar-refractivity contribution in [3.8, 4) is 0 Å². The third-order valence-electron chi connectivity index (χ3n) is 3.02. The van der Waals surface area contributed by atoms with Gasteiger partial charge in [0.05, 0.1) is 22.1 Å². The number of hydrogen-bond donors (Lipinski definition) is 1. The van der Waals surface area contributed by atoms with Crippen LogP contribution in [0.25, 0.3) is 0 Å². The van der Waals surface area contributed by atoms with Gasteiger partial charge < -0.3 is 9.84 Å². The van der Waals surface area contributed by atoms with E-state index in [9.17, 15) is 8.42 Å². The molecule has 20 heavy (non-hydrogen) atoms. The van der Waals surface area contributed by atoms with Crippen LogP contribution in [0, 0.1) is 0 Å². The van der Waals surface area contributed by atoms with E-state index in [1.165, 1.54) is 21.7 Å². The number of thiophene rings is 1. The third-order valence-corrected chi connectivity index (χ3v) is 7.07. The molecule has 0 amide bonds. The van der Waals surface area contributed by atoms with Crippen LogP contribution in [0.3, 0.4) is 0 Å². The van der Waals surface area contributed by atoms with Gasteiger partial charge in [-0.1, -0.05) is 0 Å². The van der Waals surface area contributed by atoms with E-state index in [2.05, 4.69) is 15.9 Å². The van der Waals surface area contributed by atoms with Crippen molar-refractivity contribution in [2.45, 2.75) is 44.0 Å². The van der Waals surface area contributed by atoms with Crippen molar-refractivity contribution in [2.24, 2.45) is 0 Å². The van der Waals surface area contributed by atoms with Gasteiger partial charge in [0.25, 0.3) is 0 Å². The number of sulfonamides is 1. The fraction of sp³-hybridized carbons (Fsp3) is 0.667. The maximum Gasteiger partial charge on any atom is 0.245 e. The zero-order chi connectivity index (χ0) is 15.1. The van der Waals surface area contributed by atoms with Gasteiger partial charge in [0.15, 0.2) is 0 Å². The number of ether oxygens (including phenoxy) is 1. The van der Waals surface area contributed by atoms with E-state index in [1.54, 1.807) is 0 Å². The quantitative estimate of drug-likeness (QED) is 0.868. The molecule has 2 rings (SSSR count). The van der Waals surface area contributed by atoms with Crippen LogP contribution in [0.5, 0.6) is 0 Å². The van der Waals surface area contributed by atoms with Gasteiger partial charge in [-0.25, -0.2) is 8.42 Å². The smallest absolute Gasteiger partial charge is 0.245 e. The molecule has 1 unspecified atom stereocenters. The third kappa shape index (κ3) is 3.26. The number of halogens is 1. The van der Waals surface area contributed by atoms with E-state index in [4.69, 9.17) is 9.84 Å². The minimum absolute atomic E-state index is 0.150. The Labute approximate surface area is 131 Å². The number of aliphatic hydroxyl groups is 1. The molecule has 1 N–H and O–H groups in total. The van der Waals surface area contributed by atoms with Crippen LogP contribution in [0.4, 0.5) is 0 Å². The fourth-order valence-electron chi connectivity index (χ4n) is 2.37. The molecule has 1 aromatic heterocycles. The van der Waals surface area contributed by atoms with E-state index in [0.29, 0.717) is 21.8 Å². The summed E-state index contributed by atoms with van der Waals surface area (Å²) >= 11 is 4.51. The van der Waals surface area contributed by atoms with Crippen molar-refractivity contribution < 1.29 is 18.3 Å². The number of hydrogen-bond acceptors (Lipinski definition) is 5. The standard InChI is InChI=1S/C12H18BrNO4S2/c1-8-5-14(7-12(2,3)18-8)20(16,17)10-4-9(6-15)19-11(10)13/h4,8,15H,5-7H2,1-3H3. The minimum Gasteiger partial charge on any atom is -0.391 e. The lowest BCUT2D eigenvalue weighted by Gasteiger charge is -2.40. The summed E-state index contributed by atoms with van der Waals surface area (Å²) in [6.45, 7) is 6.12. The molecule has 114 valence electrons. The lowest BCUT2D eigenvalue weighted by Crippen LogP contribution is -2.53. The SMILES string of the molecule is CC1CN(S(=O)(=O)c2cc(CO)sc2Br)CC(C)(C)O1. The lowest BCUT2D eigenvalue weighted by molar-refractivity contribution is -0.109. The molecule has 0 saturated carbocycles. The van der Waals surface area contributed by atoms with Crippen molar-refractivity contribution in [3.05, 3.63) is 14.7 Å². The predicted molar refractivity (Wildman–Crippen MR) is 81.3 cm³/mol. The van der Waals surface area contributed by atoms with E-state index < -0.39 is 15.6 Å². The first-order valence-corrected chi connectivity index (χ1v) is 9.28. The van der Waals surface area contributed by atoms with Gasteiger partial charge >= 0.3 is 0 Å². The molecule has 1 aliphatic rings. The maximum atomic E-state index is 12.7. The van der Waals surface area contributed by atoms with Crippen molar-refractivity contribution in [1.29, 1.82) is 0 Å². The Bertz CT molecular complexity index is 597. The lowest BCUT2D eigenvalue weighted by atomic mass is 10.1. The highest BCUT2D eigenvalue weighted by Crippen LogP contribution is 2.35. The number of morpholine rings is 1. The van der Waals surface area contributed by atoms with Gasteiger partial charge in [0.2, 0.25) is 10.0 Å². The molecule has 1 aliphatic heterocycles. The normalized spacial score (nSPS) is 23.9. The molecule has 1 saturated heterocycles. The highest BCUT2D eigenvalue weighted by Gasteiger charge is 2.39. The summed E-state index contributed by atoms with van der Waals surface area (Å²) in [4.78, 5) is 0.840. The van der Waals surface area contributed by atoms with Gasteiger partial charge in [-0.15, -0.1) is 11.3 Å². The van der Waals surface area contributed by atoms with Gasteiger partial charge in [0, 0.05) is 18.0 Å². The number of rotatable bonds is 3. The molecule has 5 nitrogen and oxygen atoms in total. The Hall–Kier alpha value is 0.01000. The Morgan fingerprint density at radius 1 is 1.60 bits per heavy atom. The number of aliphatic hydroxyl groups excluding tert-OH is 1. The van der Waals surface area contributed by atoms with Crippen LogP contribution in [-0.2, 0) is 21.4 Å². The number of nitrogens with zero attached hydrogens (tertiary/aromatic N) is 1. The molecule has 1 atom stereocenters. The second kappa shape index (κ2) is 5.66. The summed E-state index contributed by atoms with van der Waals surface area (Å²) in [6.07, 6.45) is -0.150. The van der Waals surface area contributed by atoms with Crippen molar-refractivity contribution in [2.75, 3.05) is 13.1 Å². The average Bonchev–Trinajstić information content (AvgIpc) is 2.68. The minimum atomic E-state index is -3.58. The monoisotopic (exact) mass is 383 g/mol. The molecule has 0 aliphatic carbocycles. The molecule has 2 heterocycles. The predicted octanol–water partition coefficient (Wildman–Crippen LogP) is 2.19.